The third-order valence-electron chi connectivity index (χ3n) is 3.19. The summed E-state index contributed by atoms with van der Waals surface area (Å²) in [6.07, 6.45) is 6.72. The number of likely N-dealkylation sites (tertiary alicyclic amines) is 1. The van der Waals surface area contributed by atoms with E-state index >= 15 is 0 Å². The molecule has 1 heterocycles. The molecule has 0 radical (unpaired) electrons. The van der Waals surface area contributed by atoms with Gasteiger partial charge in [-0.3, -0.25) is 9.69 Å². The first-order valence-corrected chi connectivity index (χ1v) is 5.36. The Morgan fingerprint density at radius 3 is 3.21 bits per heavy atom. The van der Waals surface area contributed by atoms with Crippen LogP contribution in [0.15, 0.2) is 24.3 Å². The molecule has 2 rings (SSSR count). The van der Waals surface area contributed by atoms with Gasteiger partial charge in [-0.25, -0.2) is 0 Å². The quantitative estimate of drug-likeness (QED) is 0.620. The number of hydrogen-bond acceptors (Lipinski definition) is 2. The van der Waals surface area contributed by atoms with Gasteiger partial charge in [-0.1, -0.05) is 11.6 Å². The molecule has 0 spiro atoms. The average molecular weight is 191 g/mol. The van der Waals surface area contributed by atoms with Gasteiger partial charge in [-0.15, -0.1) is 6.58 Å². The molecule has 1 fully saturated rings. The number of hydrogen-bond donors (Lipinski definition) is 0. The lowest BCUT2D eigenvalue weighted by molar-refractivity contribution is -0.115. The second-order valence-corrected chi connectivity index (χ2v) is 4.22. The van der Waals surface area contributed by atoms with Crippen molar-refractivity contribution in [3.8, 4) is 0 Å². The summed E-state index contributed by atoms with van der Waals surface area (Å²) in [6, 6.07) is 0. The molecule has 0 aromatic heterocycles. The molecule has 2 heteroatoms. The summed E-state index contributed by atoms with van der Waals surface area (Å²) in [4.78, 5) is 13.6. The first-order valence-electron chi connectivity index (χ1n) is 5.36. The fourth-order valence-electron chi connectivity index (χ4n) is 2.42. The topological polar surface area (TPSA) is 20.3 Å². The third-order valence-corrected chi connectivity index (χ3v) is 3.19. The van der Waals surface area contributed by atoms with Gasteiger partial charge in [0.1, 0.15) is 0 Å². The van der Waals surface area contributed by atoms with E-state index in [9.17, 15) is 4.79 Å². The molecule has 0 aromatic carbocycles. The Labute approximate surface area is 85.3 Å². The van der Waals surface area contributed by atoms with E-state index in [2.05, 4.69) is 11.5 Å². The van der Waals surface area contributed by atoms with Crippen LogP contribution in [0, 0.1) is 5.92 Å². The predicted octanol–water partition coefficient (Wildman–Crippen LogP) is 1.78. The van der Waals surface area contributed by atoms with Crippen molar-refractivity contribution in [1.29, 1.82) is 0 Å². The molecule has 2 nitrogen and oxygen atoms in total. The van der Waals surface area contributed by atoms with Gasteiger partial charge < -0.3 is 0 Å². The smallest absolute Gasteiger partial charge is 0.155 e. The number of allylic oxidation sites excluding steroid dienone is 1. The van der Waals surface area contributed by atoms with E-state index in [0.29, 0.717) is 11.7 Å². The standard InChI is InChI=1S/C12H17NO/c1-2-6-13-7-5-10-8-12(14)4-3-11(10)9-13/h2,8,11H,1,3-7,9H2. The van der Waals surface area contributed by atoms with Crippen LogP contribution >= 0.6 is 0 Å². The number of ketones is 1. The van der Waals surface area contributed by atoms with Gasteiger partial charge in [0.05, 0.1) is 0 Å². The number of nitrogens with zero attached hydrogens (tertiary/aromatic N) is 1. The number of fused-ring (bicyclic) bond motifs is 1. The highest BCUT2D eigenvalue weighted by molar-refractivity contribution is 5.91. The van der Waals surface area contributed by atoms with E-state index in [1.54, 1.807) is 0 Å². The van der Waals surface area contributed by atoms with Gasteiger partial charge in [0.15, 0.2) is 5.78 Å². The molecule has 76 valence electrons. The minimum Gasteiger partial charge on any atom is -0.299 e. The van der Waals surface area contributed by atoms with Crippen LogP contribution < -0.4 is 0 Å². The van der Waals surface area contributed by atoms with Crippen molar-refractivity contribution >= 4 is 5.78 Å². The highest BCUT2D eigenvalue weighted by atomic mass is 16.1. The van der Waals surface area contributed by atoms with Crippen LogP contribution in [0.3, 0.4) is 0 Å². The fraction of sp³-hybridized carbons (Fsp3) is 0.583. The van der Waals surface area contributed by atoms with Crippen molar-refractivity contribution in [2.24, 2.45) is 5.92 Å². The SMILES string of the molecule is C=CCN1CCC2=CC(=O)CCC2C1. The highest BCUT2D eigenvalue weighted by Crippen LogP contribution is 2.30. The van der Waals surface area contributed by atoms with Crippen molar-refractivity contribution in [3.05, 3.63) is 24.3 Å². The lowest BCUT2D eigenvalue weighted by atomic mass is 9.82. The molecule has 1 aliphatic carbocycles. The van der Waals surface area contributed by atoms with Crippen LogP contribution in [0.5, 0.6) is 0 Å². The Bertz CT molecular complexity index is 280. The summed E-state index contributed by atoms with van der Waals surface area (Å²) in [5.74, 6) is 0.967. The molecule has 0 N–H and O–H groups in total. The average Bonchev–Trinajstić information content (AvgIpc) is 2.19. The van der Waals surface area contributed by atoms with Crippen molar-refractivity contribution in [3.63, 3.8) is 0 Å². The lowest BCUT2D eigenvalue weighted by Crippen LogP contribution is -2.38. The fourth-order valence-corrected chi connectivity index (χ4v) is 2.42. The summed E-state index contributed by atoms with van der Waals surface area (Å²) in [5, 5.41) is 0. The molecule has 0 saturated carbocycles. The summed E-state index contributed by atoms with van der Waals surface area (Å²) in [6.45, 7) is 6.95. The predicted molar refractivity (Wildman–Crippen MR) is 57.1 cm³/mol. The molecule has 1 unspecified atom stereocenters. The van der Waals surface area contributed by atoms with Gasteiger partial charge >= 0.3 is 0 Å². The van der Waals surface area contributed by atoms with E-state index in [4.69, 9.17) is 0 Å². The molecule has 1 atom stereocenters. The second-order valence-electron chi connectivity index (χ2n) is 4.22. The first kappa shape index (κ1) is 9.66. The molecule has 0 amide bonds. The maximum atomic E-state index is 11.2. The van der Waals surface area contributed by atoms with Gasteiger partial charge in [0.25, 0.3) is 0 Å². The van der Waals surface area contributed by atoms with Crippen LogP contribution in [-0.2, 0) is 4.79 Å². The molecular formula is C12H17NO. The van der Waals surface area contributed by atoms with E-state index in [1.807, 2.05) is 12.2 Å². The van der Waals surface area contributed by atoms with Gasteiger partial charge in [0, 0.05) is 26.1 Å². The maximum absolute atomic E-state index is 11.2. The van der Waals surface area contributed by atoms with Crippen LogP contribution in [0.25, 0.3) is 0 Å². The first-order chi connectivity index (χ1) is 6.79. The van der Waals surface area contributed by atoms with Crippen molar-refractivity contribution in [2.45, 2.75) is 19.3 Å². The van der Waals surface area contributed by atoms with Crippen molar-refractivity contribution in [1.82, 2.24) is 4.90 Å². The van der Waals surface area contributed by atoms with Crippen LogP contribution in [0.4, 0.5) is 0 Å². The number of piperidine rings is 1. The van der Waals surface area contributed by atoms with Crippen LogP contribution in [-0.4, -0.2) is 30.3 Å². The van der Waals surface area contributed by atoms with Crippen LogP contribution in [0.1, 0.15) is 19.3 Å². The lowest BCUT2D eigenvalue weighted by Gasteiger charge is -2.35. The second kappa shape index (κ2) is 4.09. The number of carbonyl (C=O) groups excluding carboxylic acids is 1. The zero-order valence-electron chi connectivity index (χ0n) is 8.54. The van der Waals surface area contributed by atoms with E-state index in [-0.39, 0.29) is 0 Å². The largest absolute Gasteiger partial charge is 0.299 e. The Balaban J connectivity index is 2.02. The van der Waals surface area contributed by atoms with Crippen molar-refractivity contribution < 1.29 is 4.79 Å². The van der Waals surface area contributed by atoms with E-state index < -0.39 is 0 Å². The van der Waals surface area contributed by atoms with Gasteiger partial charge in [-0.05, 0) is 24.8 Å². The Morgan fingerprint density at radius 2 is 2.43 bits per heavy atom. The number of carbonyl (C=O) groups is 1. The Hall–Kier alpha value is -0.890. The number of rotatable bonds is 2. The monoisotopic (exact) mass is 191 g/mol. The molecule has 1 aliphatic heterocycles. The maximum Gasteiger partial charge on any atom is 0.155 e. The zero-order chi connectivity index (χ0) is 9.97. The molecular weight excluding hydrogens is 174 g/mol. The van der Waals surface area contributed by atoms with Crippen molar-refractivity contribution in [2.75, 3.05) is 19.6 Å². The summed E-state index contributed by atoms with van der Waals surface area (Å²) in [7, 11) is 0. The normalized spacial score (nSPS) is 28.1. The minimum absolute atomic E-state index is 0.327. The minimum atomic E-state index is 0.327. The van der Waals surface area contributed by atoms with E-state index in [1.165, 1.54) is 5.57 Å². The summed E-state index contributed by atoms with van der Waals surface area (Å²) < 4.78 is 0. The molecule has 14 heavy (non-hydrogen) atoms. The van der Waals surface area contributed by atoms with Gasteiger partial charge in [0.2, 0.25) is 0 Å². The highest BCUT2D eigenvalue weighted by Gasteiger charge is 2.27. The van der Waals surface area contributed by atoms with E-state index in [0.717, 1.165) is 38.9 Å². The summed E-state index contributed by atoms with van der Waals surface area (Å²) >= 11 is 0. The molecule has 0 aromatic rings. The molecule has 0 bridgehead atoms. The zero-order valence-corrected chi connectivity index (χ0v) is 8.54. The van der Waals surface area contributed by atoms with Gasteiger partial charge in [-0.2, -0.15) is 0 Å². The van der Waals surface area contributed by atoms with Crippen LogP contribution in [0.2, 0.25) is 0 Å². The Kier molecular flexibility index (Phi) is 2.82. The summed E-state index contributed by atoms with van der Waals surface area (Å²) in [5.41, 5.74) is 1.39. The molecule has 1 saturated heterocycles. The Morgan fingerprint density at radius 1 is 1.57 bits per heavy atom. The molecule has 2 aliphatic rings. The third kappa shape index (κ3) is 1.95.